The van der Waals surface area contributed by atoms with Crippen LogP contribution in [0.25, 0.3) is 28.1 Å². The molecule has 1 atom stereocenters. The summed E-state index contributed by atoms with van der Waals surface area (Å²) in [5, 5.41) is 8.56. The van der Waals surface area contributed by atoms with E-state index in [1.54, 1.807) is 12.3 Å². The second-order valence-electron chi connectivity index (χ2n) is 7.59. The Hall–Kier alpha value is -3.27. The second-order valence-corrected chi connectivity index (χ2v) is 7.59. The maximum atomic E-state index is 12.5. The van der Waals surface area contributed by atoms with Crippen molar-refractivity contribution in [3.63, 3.8) is 0 Å². The number of nitrogens with zero attached hydrogens (tertiary/aromatic N) is 4. The number of fused-ring (bicyclic) bond motifs is 2. The Morgan fingerprint density at radius 1 is 1.26 bits per heavy atom. The fourth-order valence-electron chi connectivity index (χ4n) is 3.86. The van der Waals surface area contributed by atoms with Gasteiger partial charge < -0.3 is 19.4 Å². The third-order valence-electron chi connectivity index (χ3n) is 5.22. The lowest BCUT2D eigenvalue weighted by atomic mass is 10.1. The van der Waals surface area contributed by atoms with Crippen molar-refractivity contribution >= 4 is 22.3 Å². The smallest absolute Gasteiger partial charge is 0.422 e. The average molecular weight is 431 g/mol. The monoisotopic (exact) mass is 431 g/mol. The summed E-state index contributed by atoms with van der Waals surface area (Å²) in [6, 6.07) is 11.1. The second kappa shape index (κ2) is 7.45. The topological polar surface area (TPSA) is 67.8 Å². The predicted molar refractivity (Wildman–Crippen MR) is 109 cm³/mol. The number of rotatable bonds is 4. The summed E-state index contributed by atoms with van der Waals surface area (Å²) in [6.45, 7) is 3.42. The molecule has 0 amide bonds. The molecule has 4 aromatic rings. The van der Waals surface area contributed by atoms with Crippen molar-refractivity contribution in [2.45, 2.75) is 19.1 Å². The number of benzene rings is 1. The van der Waals surface area contributed by atoms with Crippen LogP contribution in [0.2, 0.25) is 0 Å². The van der Waals surface area contributed by atoms with Crippen molar-refractivity contribution in [2.24, 2.45) is 0 Å². The number of nitrogens with one attached hydrogen (secondary N) is 1. The molecule has 1 saturated heterocycles. The van der Waals surface area contributed by atoms with Gasteiger partial charge in [-0.25, -0.2) is 9.50 Å². The van der Waals surface area contributed by atoms with Gasteiger partial charge in [0.15, 0.2) is 18.0 Å². The molecule has 0 spiro atoms. The van der Waals surface area contributed by atoms with E-state index in [0.717, 1.165) is 36.3 Å². The van der Waals surface area contributed by atoms with Crippen molar-refractivity contribution < 1.29 is 22.3 Å². The molecule has 0 aliphatic carbocycles. The Morgan fingerprint density at radius 3 is 2.94 bits per heavy atom. The van der Waals surface area contributed by atoms with E-state index >= 15 is 0 Å². The number of aromatic nitrogens is 3. The minimum Gasteiger partial charge on any atom is -0.467 e. The highest BCUT2D eigenvalue weighted by molar-refractivity contribution is 5.94. The fraction of sp³-hybridized carbons (Fsp3) is 0.333. The summed E-state index contributed by atoms with van der Waals surface area (Å²) < 4.78 is 49.7. The summed E-state index contributed by atoms with van der Waals surface area (Å²) in [5.74, 6) is 0.384. The summed E-state index contributed by atoms with van der Waals surface area (Å²) in [4.78, 5) is 6.60. The number of ether oxygens (including phenoxy) is 1. The maximum Gasteiger partial charge on any atom is 0.422 e. The molecule has 3 aromatic heterocycles. The zero-order chi connectivity index (χ0) is 21.6. The van der Waals surface area contributed by atoms with Gasteiger partial charge in [0.1, 0.15) is 11.3 Å². The van der Waals surface area contributed by atoms with Crippen LogP contribution in [-0.4, -0.2) is 53.1 Å². The summed E-state index contributed by atoms with van der Waals surface area (Å²) in [5.41, 5.74) is 2.81. The highest BCUT2D eigenvalue weighted by Gasteiger charge is 2.29. The van der Waals surface area contributed by atoms with E-state index in [1.807, 2.05) is 18.2 Å². The molecule has 31 heavy (non-hydrogen) atoms. The average Bonchev–Trinajstić information content (AvgIpc) is 3.35. The number of furan rings is 1. The van der Waals surface area contributed by atoms with Crippen molar-refractivity contribution in [1.82, 2.24) is 19.9 Å². The minimum absolute atomic E-state index is 0.143. The Labute approximate surface area is 175 Å². The Balaban J connectivity index is 1.52. The maximum absolute atomic E-state index is 12.5. The third kappa shape index (κ3) is 3.90. The molecule has 162 valence electrons. The van der Waals surface area contributed by atoms with Gasteiger partial charge in [-0.15, -0.1) is 5.10 Å². The molecule has 1 N–H and O–H groups in total. The highest BCUT2D eigenvalue weighted by atomic mass is 19.4. The van der Waals surface area contributed by atoms with Gasteiger partial charge >= 0.3 is 6.18 Å². The molecule has 1 fully saturated rings. The lowest BCUT2D eigenvalue weighted by molar-refractivity contribution is -0.154. The van der Waals surface area contributed by atoms with Crippen LogP contribution < -0.4 is 15.0 Å². The lowest BCUT2D eigenvalue weighted by Crippen LogP contribution is -2.49. The van der Waals surface area contributed by atoms with Gasteiger partial charge in [0, 0.05) is 42.8 Å². The molecule has 10 heteroatoms. The van der Waals surface area contributed by atoms with Gasteiger partial charge in [-0.3, -0.25) is 0 Å². The first kappa shape index (κ1) is 19.7. The lowest BCUT2D eigenvalue weighted by Gasteiger charge is -2.33. The first-order chi connectivity index (χ1) is 14.9. The molecular formula is C21H20F3N5O2. The summed E-state index contributed by atoms with van der Waals surface area (Å²) in [7, 11) is 0. The number of hydrogen-bond acceptors (Lipinski definition) is 6. The van der Waals surface area contributed by atoms with E-state index in [2.05, 4.69) is 33.3 Å². The molecule has 1 aliphatic rings. The van der Waals surface area contributed by atoms with E-state index < -0.39 is 12.8 Å². The number of piperazine rings is 1. The first-order valence-electron chi connectivity index (χ1n) is 9.93. The van der Waals surface area contributed by atoms with Crippen LogP contribution in [0.1, 0.15) is 6.92 Å². The van der Waals surface area contributed by atoms with E-state index in [9.17, 15) is 13.2 Å². The molecule has 7 nitrogen and oxygen atoms in total. The van der Waals surface area contributed by atoms with Crippen LogP contribution in [0.5, 0.6) is 5.88 Å². The molecule has 4 heterocycles. The van der Waals surface area contributed by atoms with Gasteiger partial charge in [0.2, 0.25) is 5.88 Å². The Bertz CT molecular complexity index is 1230. The quantitative estimate of drug-likeness (QED) is 0.529. The summed E-state index contributed by atoms with van der Waals surface area (Å²) >= 11 is 0. The molecular weight excluding hydrogens is 411 g/mol. The van der Waals surface area contributed by atoms with E-state index in [1.165, 1.54) is 10.6 Å². The van der Waals surface area contributed by atoms with Crippen molar-refractivity contribution in [3.8, 4) is 17.3 Å². The number of alkyl halides is 3. The van der Waals surface area contributed by atoms with E-state index in [-0.39, 0.29) is 5.88 Å². The van der Waals surface area contributed by atoms with Gasteiger partial charge in [-0.1, -0.05) is 6.07 Å². The third-order valence-corrected chi connectivity index (χ3v) is 5.22. The van der Waals surface area contributed by atoms with Crippen molar-refractivity contribution in [3.05, 3.63) is 42.6 Å². The van der Waals surface area contributed by atoms with Gasteiger partial charge in [0.05, 0.1) is 6.20 Å². The van der Waals surface area contributed by atoms with Gasteiger partial charge in [0.25, 0.3) is 0 Å². The Morgan fingerprint density at radius 2 is 2.13 bits per heavy atom. The zero-order valence-electron chi connectivity index (χ0n) is 16.7. The number of anilines is 1. The molecule has 0 unspecified atom stereocenters. The highest BCUT2D eigenvalue weighted by Crippen LogP contribution is 2.34. The van der Waals surface area contributed by atoms with Crippen LogP contribution in [0, 0.1) is 0 Å². The molecule has 1 aliphatic heterocycles. The summed E-state index contributed by atoms with van der Waals surface area (Å²) in [6.07, 6.45) is -2.86. The largest absolute Gasteiger partial charge is 0.467 e. The normalized spacial score (nSPS) is 17.5. The van der Waals surface area contributed by atoms with Crippen LogP contribution in [0.15, 0.2) is 47.0 Å². The Kier molecular flexibility index (Phi) is 4.73. The van der Waals surface area contributed by atoms with Crippen LogP contribution in [0.3, 0.4) is 0 Å². The predicted octanol–water partition coefficient (Wildman–Crippen LogP) is 3.88. The minimum atomic E-state index is -4.44. The number of hydrogen-bond donors (Lipinski definition) is 1. The van der Waals surface area contributed by atoms with Crippen LogP contribution in [-0.2, 0) is 0 Å². The zero-order valence-corrected chi connectivity index (χ0v) is 16.7. The molecule has 0 radical (unpaired) electrons. The number of imidazole rings is 1. The molecule has 1 aromatic carbocycles. The molecule has 5 rings (SSSR count). The van der Waals surface area contributed by atoms with Crippen molar-refractivity contribution in [2.75, 3.05) is 31.1 Å². The van der Waals surface area contributed by atoms with Crippen LogP contribution in [0.4, 0.5) is 18.9 Å². The van der Waals surface area contributed by atoms with E-state index in [0.29, 0.717) is 23.1 Å². The fourth-order valence-corrected chi connectivity index (χ4v) is 3.86. The van der Waals surface area contributed by atoms with Crippen molar-refractivity contribution in [1.29, 1.82) is 0 Å². The first-order valence-corrected chi connectivity index (χ1v) is 9.93. The standard InChI is InChI=1S/C21H20F3N5O2/c1-13-11-28(8-7-25-13)15-3-2-4-17-14(15)9-18(31-17)16-10-26-19-5-6-20(27-29(16)19)30-12-21(22,23)24/h2-6,9-10,13,25H,7-8,11-12H2,1H3/t13-/m1/s1. The van der Waals surface area contributed by atoms with Gasteiger partial charge in [-0.05, 0) is 31.2 Å². The molecule has 0 bridgehead atoms. The SMILES string of the molecule is C[C@@H]1CN(c2cccc3oc(-c4cnc5ccc(OCC(F)(F)F)nn45)cc23)CCN1. The van der Waals surface area contributed by atoms with Gasteiger partial charge in [-0.2, -0.15) is 13.2 Å². The number of halogens is 3. The van der Waals surface area contributed by atoms with E-state index in [4.69, 9.17) is 9.15 Å². The van der Waals surface area contributed by atoms with Crippen LogP contribution >= 0.6 is 0 Å². The molecule has 0 saturated carbocycles.